The largest absolute Gasteiger partial charge is 0.329 e. The van der Waals surface area contributed by atoms with Gasteiger partial charge in [-0.2, -0.15) is 0 Å². The van der Waals surface area contributed by atoms with E-state index in [2.05, 4.69) is 25.7 Å². The van der Waals surface area contributed by atoms with Crippen molar-refractivity contribution >= 4 is 0 Å². The van der Waals surface area contributed by atoms with Gasteiger partial charge in [0.1, 0.15) is 0 Å². The first kappa shape index (κ1) is 14.0. The maximum atomic E-state index is 6.13. The monoisotopic (exact) mass is 226 g/mol. The number of nitrogens with zero attached hydrogens (tertiary/aromatic N) is 1. The van der Waals surface area contributed by atoms with E-state index in [1.54, 1.807) is 0 Å². The summed E-state index contributed by atoms with van der Waals surface area (Å²) in [6.45, 7) is 9.05. The van der Waals surface area contributed by atoms with E-state index in [4.69, 9.17) is 5.73 Å². The fourth-order valence-electron chi connectivity index (χ4n) is 3.47. The second-order valence-electron chi connectivity index (χ2n) is 5.47. The fourth-order valence-corrected chi connectivity index (χ4v) is 3.47. The minimum atomic E-state index is 0.295. The van der Waals surface area contributed by atoms with Crippen molar-refractivity contribution < 1.29 is 0 Å². The number of hydrogen-bond donors (Lipinski definition) is 1. The Kier molecular flexibility index (Phi) is 5.77. The highest BCUT2D eigenvalue weighted by atomic mass is 15.2. The molecule has 0 spiro atoms. The van der Waals surface area contributed by atoms with Gasteiger partial charge in [-0.25, -0.2) is 0 Å². The maximum absolute atomic E-state index is 6.13. The molecule has 1 atom stereocenters. The van der Waals surface area contributed by atoms with Gasteiger partial charge in [0, 0.05) is 18.1 Å². The predicted octanol–water partition coefficient (Wildman–Crippen LogP) is 3.16. The maximum Gasteiger partial charge on any atom is 0.0334 e. The molecule has 0 amide bonds. The zero-order valence-electron chi connectivity index (χ0n) is 11.5. The molecular formula is C14H30N2. The van der Waals surface area contributed by atoms with Crippen LogP contribution < -0.4 is 5.73 Å². The van der Waals surface area contributed by atoms with Gasteiger partial charge < -0.3 is 5.73 Å². The summed E-state index contributed by atoms with van der Waals surface area (Å²) in [5.41, 5.74) is 6.43. The molecule has 1 unspecified atom stereocenters. The van der Waals surface area contributed by atoms with Gasteiger partial charge >= 0.3 is 0 Å². The van der Waals surface area contributed by atoms with Crippen molar-refractivity contribution in [3.8, 4) is 0 Å². The molecule has 1 aliphatic rings. The van der Waals surface area contributed by atoms with Crippen molar-refractivity contribution in [3.05, 3.63) is 0 Å². The first-order chi connectivity index (χ1) is 7.70. The number of hydrogen-bond acceptors (Lipinski definition) is 2. The molecule has 0 radical (unpaired) electrons. The Morgan fingerprint density at radius 2 is 1.81 bits per heavy atom. The lowest BCUT2D eigenvalue weighted by Gasteiger charge is -2.49. The first-order valence-corrected chi connectivity index (χ1v) is 7.17. The van der Waals surface area contributed by atoms with E-state index in [9.17, 15) is 0 Å². The summed E-state index contributed by atoms with van der Waals surface area (Å²) in [6, 6.07) is 0.732. The zero-order valence-corrected chi connectivity index (χ0v) is 11.5. The zero-order chi connectivity index (χ0) is 12.0. The summed E-state index contributed by atoms with van der Waals surface area (Å²) in [5, 5.41) is 0. The van der Waals surface area contributed by atoms with Crippen LogP contribution in [-0.2, 0) is 0 Å². The third-order valence-corrected chi connectivity index (χ3v) is 4.22. The second kappa shape index (κ2) is 6.61. The van der Waals surface area contributed by atoms with Crippen molar-refractivity contribution in [2.75, 3.05) is 13.1 Å². The van der Waals surface area contributed by atoms with Crippen molar-refractivity contribution in [1.29, 1.82) is 0 Å². The molecule has 1 heterocycles. The Morgan fingerprint density at radius 1 is 1.19 bits per heavy atom. The quantitative estimate of drug-likeness (QED) is 0.754. The molecule has 96 valence electrons. The summed E-state index contributed by atoms with van der Waals surface area (Å²) in [6.07, 6.45) is 9.15. The SMILES string of the molecule is CCCC(CN)(CCC)N1CCCCC1C. The van der Waals surface area contributed by atoms with Crippen LogP contribution in [0.5, 0.6) is 0 Å². The molecule has 16 heavy (non-hydrogen) atoms. The van der Waals surface area contributed by atoms with Crippen LogP contribution in [0.1, 0.15) is 65.7 Å². The molecule has 0 saturated carbocycles. The highest BCUT2D eigenvalue weighted by molar-refractivity contribution is 4.94. The van der Waals surface area contributed by atoms with Crippen molar-refractivity contribution in [2.24, 2.45) is 5.73 Å². The Bertz CT molecular complexity index is 185. The molecule has 2 nitrogen and oxygen atoms in total. The molecule has 0 aliphatic carbocycles. The lowest BCUT2D eigenvalue weighted by molar-refractivity contribution is 0.0160. The van der Waals surface area contributed by atoms with Crippen LogP contribution in [0.4, 0.5) is 0 Å². The van der Waals surface area contributed by atoms with Crippen LogP contribution in [0.2, 0.25) is 0 Å². The van der Waals surface area contributed by atoms with E-state index >= 15 is 0 Å². The van der Waals surface area contributed by atoms with E-state index in [-0.39, 0.29) is 0 Å². The predicted molar refractivity (Wildman–Crippen MR) is 71.6 cm³/mol. The highest BCUT2D eigenvalue weighted by Gasteiger charge is 2.37. The first-order valence-electron chi connectivity index (χ1n) is 7.17. The number of likely N-dealkylation sites (tertiary alicyclic amines) is 1. The third kappa shape index (κ3) is 2.98. The topological polar surface area (TPSA) is 29.3 Å². The normalized spacial score (nSPS) is 23.6. The summed E-state index contributed by atoms with van der Waals surface area (Å²) >= 11 is 0. The molecule has 0 aromatic carbocycles. The van der Waals surface area contributed by atoms with Gasteiger partial charge in [0.05, 0.1) is 0 Å². The highest BCUT2D eigenvalue weighted by Crippen LogP contribution is 2.32. The Hall–Kier alpha value is -0.0800. The van der Waals surface area contributed by atoms with Crippen LogP contribution in [0.15, 0.2) is 0 Å². The van der Waals surface area contributed by atoms with E-state index in [0.29, 0.717) is 5.54 Å². The number of nitrogens with two attached hydrogens (primary N) is 1. The van der Waals surface area contributed by atoms with Gasteiger partial charge in [-0.05, 0) is 39.2 Å². The number of piperidine rings is 1. The summed E-state index contributed by atoms with van der Waals surface area (Å²) in [5.74, 6) is 0. The van der Waals surface area contributed by atoms with E-state index < -0.39 is 0 Å². The van der Waals surface area contributed by atoms with Gasteiger partial charge in [0.15, 0.2) is 0 Å². The van der Waals surface area contributed by atoms with Gasteiger partial charge in [0.2, 0.25) is 0 Å². The molecule has 1 saturated heterocycles. The van der Waals surface area contributed by atoms with Gasteiger partial charge in [-0.1, -0.05) is 33.1 Å². The van der Waals surface area contributed by atoms with E-state index in [0.717, 1.165) is 12.6 Å². The van der Waals surface area contributed by atoms with E-state index in [1.807, 2.05) is 0 Å². The summed E-state index contributed by atoms with van der Waals surface area (Å²) in [7, 11) is 0. The third-order valence-electron chi connectivity index (χ3n) is 4.22. The van der Waals surface area contributed by atoms with Crippen molar-refractivity contribution in [1.82, 2.24) is 4.90 Å². The van der Waals surface area contributed by atoms with Crippen LogP contribution in [0.3, 0.4) is 0 Å². The van der Waals surface area contributed by atoms with Gasteiger partial charge in [-0.15, -0.1) is 0 Å². The number of rotatable bonds is 6. The summed E-state index contributed by atoms with van der Waals surface area (Å²) in [4.78, 5) is 2.73. The fraction of sp³-hybridized carbons (Fsp3) is 1.00. The van der Waals surface area contributed by atoms with Crippen LogP contribution >= 0.6 is 0 Å². The molecule has 0 aromatic heterocycles. The Labute approximate surface area is 102 Å². The lowest BCUT2D eigenvalue weighted by Crippen LogP contribution is -2.58. The molecule has 0 aromatic rings. The van der Waals surface area contributed by atoms with Crippen molar-refractivity contribution in [2.45, 2.75) is 77.3 Å². The standard InChI is InChI=1S/C14H30N2/c1-4-9-14(12-15,10-5-2)16-11-7-6-8-13(16)3/h13H,4-12,15H2,1-3H3. The van der Waals surface area contributed by atoms with Crippen molar-refractivity contribution in [3.63, 3.8) is 0 Å². The van der Waals surface area contributed by atoms with Crippen LogP contribution in [0, 0.1) is 0 Å². The smallest absolute Gasteiger partial charge is 0.0334 e. The average Bonchev–Trinajstić information content (AvgIpc) is 2.29. The molecular weight excluding hydrogens is 196 g/mol. The van der Waals surface area contributed by atoms with Gasteiger partial charge in [-0.3, -0.25) is 4.90 Å². The lowest BCUT2D eigenvalue weighted by atomic mass is 9.83. The second-order valence-corrected chi connectivity index (χ2v) is 5.47. The molecule has 1 rings (SSSR count). The Balaban J connectivity index is 2.78. The summed E-state index contributed by atoms with van der Waals surface area (Å²) < 4.78 is 0. The minimum absolute atomic E-state index is 0.295. The van der Waals surface area contributed by atoms with Crippen LogP contribution in [-0.4, -0.2) is 29.6 Å². The molecule has 1 aliphatic heterocycles. The van der Waals surface area contributed by atoms with Gasteiger partial charge in [0.25, 0.3) is 0 Å². The van der Waals surface area contributed by atoms with Crippen LogP contribution in [0.25, 0.3) is 0 Å². The minimum Gasteiger partial charge on any atom is -0.329 e. The Morgan fingerprint density at radius 3 is 2.25 bits per heavy atom. The van der Waals surface area contributed by atoms with E-state index in [1.165, 1.54) is 51.5 Å². The molecule has 2 heteroatoms. The molecule has 1 fully saturated rings. The molecule has 0 bridgehead atoms. The average molecular weight is 226 g/mol. The molecule has 2 N–H and O–H groups in total.